The Hall–Kier alpha value is -1.26. The molecule has 1 heterocycles. The van der Waals surface area contributed by atoms with Crippen LogP contribution in [0.2, 0.25) is 0 Å². The van der Waals surface area contributed by atoms with Gasteiger partial charge in [0.05, 0.1) is 0 Å². The summed E-state index contributed by atoms with van der Waals surface area (Å²) in [5, 5.41) is 2.43. The van der Waals surface area contributed by atoms with E-state index in [1.165, 1.54) is 4.90 Å². The van der Waals surface area contributed by atoms with E-state index >= 15 is 0 Å². The van der Waals surface area contributed by atoms with Crippen LogP contribution >= 0.6 is 0 Å². The Morgan fingerprint density at radius 3 is 2.50 bits per heavy atom. The highest BCUT2D eigenvalue weighted by molar-refractivity contribution is 5.88. The molecule has 1 N–H and O–H groups in total. The molecule has 0 aromatic rings. The highest BCUT2D eigenvalue weighted by atomic mass is 16.6. The van der Waals surface area contributed by atoms with Gasteiger partial charge in [-0.25, -0.2) is 4.79 Å². The van der Waals surface area contributed by atoms with Crippen molar-refractivity contribution < 1.29 is 14.3 Å². The average molecular weight is 172 g/mol. The second kappa shape index (κ2) is 3.00. The van der Waals surface area contributed by atoms with Gasteiger partial charge in [-0.1, -0.05) is 0 Å². The van der Waals surface area contributed by atoms with Crippen LogP contribution in [0, 0.1) is 0 Å². The predicted molar refractivity (Wildman–Crippen MR) is 41.6 cm³/mol. The van der Waals surface area contributed by atoms with Crippen molar-refractivity contribution in [3.05, 3.63) is 0 Å². The van der Waals surface area contributed by atoms with Gasteiger partial charge in [0.2, 0.25) is 5.91 Å². The molecule has 2 amide bonds. The first-order valence-electron chi connectivity index (χ1n) is 3.70. The molecule has 5 nitrogen and oxygen atoms in total. The number of carbonyl (C=O) groups excluding carboxylic acids is 2. The number of carbonyl (C=O) groups is 2. The lowest BCUT2D eigenvalue weighted by Crippen LogP contribution is -2.44. The number of hydrogen-bond donors (Lipinski definition) is 1. The monoisotopic (exact) mass is 172 g/mol. The second-order valence-electron chi connectivity index (χ2n) is 2.97. The van der Waals surface area contributed by atoms with Gasteiger partial charge in [-0.05, 0) is 6.92 Å². The summed E-state index contributed by atoms with van der Waals surface area (Å²) in [4.78, 5) is 23.4. The second-order valence-corrected chi connectivity index (χ2v) is 2.97. The molecule has 0 aromatic carbocycles. The Morgan fingerprint density at radius 2 is 2.17 bits per heavy atom. The molecule has 1 saturated heterocycles. The minimum Gasteiger partial charge on any atom is -0.444 e. The van der Waals surface area contributed by atoms with Crippen molar-refractivity contribution in [2.75, 3.05) is 14.1 Å². The minimum absolute atomic E-state index is 0.145. The number of alkyl carbamates (subject to hydrolysis) is 1. The van der Waals surface area contributed by atoms with Crippen molar-refractivity contribution in [1.29, 1.82) is 0 Å². The standard InChI is InChI=1S/C7H12N2O3/c1-4-5(6(10)9(2)3)8-7(11)12-4/h4-5H,1-3H3,(H,8,11). The van der Waals surface area contributed by atoms with Crippen LogP contribution in [0.25, 0.3) is 0 Å². The molecule has 1 aliphatic rings. The fourth-order valence-electron chi connectivity index (χ4n) is 1.06. The van der Waals surface area contributed by atoms with Crippen molar-refractivity contribution in [2.45, 2.75) is 19.1 Å². The topological polar surface area (TPSA) is 58.6 Å². The predicted octanol–water partition coefficient (Wildman–Crippen LogP) is -0.429. The van der Waals surface area contributed by atoms with E-state index < -0.39 is 12.1 Å². The Labute approximate surface area is 70.7 Å². The largest absolute Gasteiger partial charge is 0.444 e. The summed E-state index contributed by atoms with van der Waals surface area (Å²) < 4.78 is 4.75. The number of nitrogens with zero attached hydrogens (tertiary/aromatic N) is 1. The van der Waals surface area contributed by atoms with Gasteiger partial charge >= 0.3 is 6.09 Å². The summed E-state index contributed by atoms with van der Waals surface area (Å²) in [5.74, 6) is -0.145. The average Bonchev–Trinajstić information content (AvgIpc) is 2.28. The lowest BCUT2D eigenvalue weighted by molar-refractivity contribution is -0.131. The number of nitrogens with one attached hydrogen (secondary N) is 1. The molecule has 2 unspecified atom stereocenters. The van der Waals surface area contributed by atoms with E-state index in [2.05, 4.69) is 5.32 Å². The summed E-state index contributed by atoms with van der Waals surface area (Å²) in [7, 11) is 3.28. The zero-order valence-electron chi connectivity index (χ0n) is 7.33. The molecule has 0 bridgehead atoms. The van der Waals surface area contributed by atoms with E-state index in [0.29, 0.717) is 0 Å². The maximum Gasteiger partial charge on any atom is 0.408 e. The number of cyclic esters (lactones) is 1. The quantitative estimate of drug-likeness (QED) is 0.584. The molecule has 0 aromatic heterocycles. The maximum atomic E-state index is 11.3. The number of ether oxygens (including phenoxy) is 1. The summed E-state index contributed by atoms with van der Waals surface area (Å²) in [6.07, 6.45) is -0.907. The van der Waals surface area contributed by atoms with E-state index in [-0.39, 0.29) is 12.0 Å². The van der Waals surface area contributed by atoms with E-state index in [9.17, 15) is 9.59 Å². The van der Waals surface area contributed by atoms with Crippen LogP contribution in [0.3, 0.4) is 0 Å². The van der Waals surface area contributed by atoms with E-state index in [1.807, 2.05) is 0 Å². The first kappa shape index (κ1) is 8.83. The van der Waals surface area contributed by atoms with Gasteiger partial charge < -0.3 is 15.0 Å². The molecule has 0 saturated carbocycles. The number of hydrogen-bond acceptors (Lipinski definition) is 3. The Balaban J connectivity index is 2.64. The van der Waals surface area contributed by atoms with Crippen LogP contribution in [-0.2, 0) is 9.53 Å². The first-order chi connectivity index (χ1) is 5.52. The van der Waals surface area contributed by atoms with Crippen LogP contribution in [-0.4, -0.2) is 43.1 Å². The normalized spacial score (nSPS) is 27.8. The van der Waals surface area contributed by atoms with Crippen molar-refractivity contribution in [3.63, 3.8) is 0 Å². The third-order valence-corrected chi connectivity index (χ3v) is 1.74. The smallest absolute Gasteiger partial charge is 0.408 e. The van der Waals surface area contributed by atoms with E-state index in [0.717, 1.165) is 0 Å². The fraction of sp³-hybridized carbons (Fsp3) is 0.714. The van der Waals surface area contributed by atoms with Crippen molar-refractivity contribution in [1.82, 2.24) is 10.2 Å². The van der Waals surface area contributed by atoms with Gasteiger partial charge in [0.25, 0.3) is 0 Å². The van der Waals surface area contributed by atoms with Crippen LogP contribution in [0.15, 0.2) is 0 Å². The van der Waals surface area contributed by atoms with E-state index in [4.69, 9.17) is 4.74 Å². The summed E-state index contributed by atoms with van der Waals surface area (Å²) in [6, 6.07) is -0.535. The lowest BCUT2D eigenvalue weighted by Gasteiger charge is -2.16. The number of amides is 2. The number of likely N-dealkylation sites (N-methyl/N-ethyl adjacent to an activating group) is 1. The molecule has 2 atom stereocenters. The van der Waals surface area contributed by atoms with Gasteiger partial charge in [-0.3, -0.25) is 4.79 Å². The molecule has 1 fully saturated rings. The highest BCUT2D eigenvalue weighted by Crippen LogP contribution is 2.09. The molecule has 68 valence electrons. The summed E-state index contributed by atoms with van der Waals surface area (Å²) in [5.41, 5.74) is 0. The zero-order chi connectivity index (χ0) is 9.30. The van der Waals surface area contributed by atoms with E-state index in [1.54, 1.807) is 21.0 Å². The maximum absolute atomic E-state index is 11.3. The zero-order valence-corrected chi connectivity index (χ0v) is 7.33. The molecule has 1 rings (SSSR count). The summed E-state index contributed by atoms with van der Waals surface area (Å²) >= 11 is 0. The van der Waals surface area contributed by atoms with Crippen molar-refractivity contribution >= 4 is 12.0 Å². The van der Waals surface area contributed by atoms with Gasteiger partial charge in [-0.15, -0.1) is 0 Å². The molecule has 0 radical (unpaired) electrons. The molecule has 0 aliphatic carbocycles. The van der Waals surface area contributed by atoms with Gasteiger partial charge in [0.15, 0.2) is 0 Å². The van der Waals surface area contributed by atoms with Crippen LogP contribution in [0.4, 0.5) is 4.79 Å². The molecule has 12 heavy (non-hydrogen) atoms. The number of rotatable bonds is 1. The third-order valence-electron chi connectivity index (χ3n) is 1.74. The van der Waals surface area contributed by atoms with Gasteiger partial charge in [0.1, 0.15) is 12.1 Å². The summed E-state index contributed by atoms with van der Waals surface area (Å²) in [6.45, 7) is 1.68. The Morgan fingerprint density at radius 1 is 1.58 bits per heavy atom. The van der Waals surface area contributed by atoms with Gasteiger partial charge in [0, 0.05) is 14.1 Å². The fourth-order valence-corrected chi connectivity index (χ4v) is 1.06. The Bertz CT molecular complexity index is 215. The van der Waals surface area contributed by atoms with Crippen LogP contribution in [0.5, 0.6) is 0 Å². The molecule has 0 spiro atoms. The van der Waals surface area contributed by atoms with Crippen molar-refractivity contribution in [3.8, 4) is 0 Å². The highest BCUT2D eigenvalue weighted by Gasteiger charge is 2.36. The van der Waals surface area contributed by atoms with Crippen molar-refractivity contribution in [2.24, 2.45) is 0 Å². The molecule has 5 heteroatoms. The molecular weight excluding hydrogens is 160 g/mol. The molecular formula is C7H12N2O3. The van der Waals surface area contributed by atoms with Gasteiger partial charge in [-0.2, -0.15) is 0 Å². The third kappa shape index (κ3) is 1.49. The first-order valence-corrected chi connectivity index (χ1v) is 3.70. The molecule has 1 aliphatic heterocycles. The van der Waals surface area contributed by atoms with Crippen LogP contribution in [0.1, 0.15) is 6.92 Å². The Kier molecular flexibility index (Phi) is 2.21. The van der Waals surface area contributed by atoms with Crippen LogP contribution < -0.4 is 5.32 Å². The minimum atomic E-state index is -0.535. The SMILES string of the molecule is CC1OC(=O)NC1C(=O)N(C)C. The lowest BCUT2D eigenvalue weighted by atomic mass is 10.2.